The summed E-state index contributed by atoms with van der Waals surface area (Å²) >= 11 is 3.28. The second kappa shape index (κ2) is 6.01. The number of para-hydroxylation sites is 1. The van der Waals surface area contributed by atoms with E-state index >= 15 is 0 Å². The summed E-state index contributed by atoms with van der Waals surface area (Å²) in [6.07, 6.45) is 0. The van der Waals surface area contributed by atoms with Gasteiger partial charge in [0.05, 0.1) is 0 Å². The van der Waals surface area contributed by atoms with Crippen molar-refractivity contribution in [3.05, 3.63) is 63.6 Å². The Hall–Kier alpha value is -1.94. The fourth-order valence-corrected chi connectivity index (χ4v) is 2.41. The molecular weight excluding hydrogens is 318 g/mol. The summed E-state index contributed by atoms with van der Waals surface area (Å²) in [6.45, 7) is 3.79. The van der Waals surface area contributed by atoms with Gasteiger partial charge in [-0.25, -0.2) is 0 Å². The summed E-state index contributed by atoms with van der Waals surface area (Å²) in [7, 11) is 0. The number of carbonyl (C=O) groups excluding carboxylic acids is 2. The van der Waals surface area contributed by atoms with Gasteiger partial charge in [0, 0.05) is 15.7 Å². The third-order valence-corrected chi connectivity index (χ3v) is 3.74. The number of carbonyl (C=O) groups is 2. The van der Waals surface area contributed by atoms with Gasteiger partial charge in [0.15, 0.2) is 0 Å². The van der Waals surface area contributed by atoms with Gasteiger partial charge < -0.3 is 5.32 Å². The molecule has 1 N–H and O–H groups in total. The molecule has 0 saturated heterocycles. The Labute approximate surface area is 126 Å². The molecule has 1 amide bonds. The Morgan fingerprint density at radius 1 is 0.950 bits per heavy atom. The standard InChI is InChI=1S/C16H14BrNO2/c1-10-6-5-7-11(2)14(10)18-16(20)15(19)12-8-3-4-9-13(12)17/h3-9H,1-2H3,(H,18,20). The quantitative estimate of drug-likeness (QED) is 0.685. The maximum absolute atomic E-state index is 12.2. The predicted octanol–water partition coefficient (Wildman–Crippen LogP) is 3.89. The molecule has 0 spiro atoms. The molecule has 4 heteroatoms. The van der Waals surface area contributed by atoms with Crippen molar-refractivity contribution >= 4 is 33.3 Å². The Balaban J connectivity index is 2.25. The normalized spacial score (nSPS) is 10.2. The summed E-state index contributed by atoms with van der Waals surface area (Å²) in [5, 5.41) is 2.69. The first kappa shape index (κ1) is 14.5. The number of Topliss-reactive ketones (excluding diaryl/α,β-unsaturated/α-hetero) is 1. The van der Waals surface area contributed by atoms with Crippen molar-refractivity contribution in [3.8, 4) is 0 Å². The van der Waals surface area contributed by atoms with Crippen LogP contribution in [0.4, 0.5) is 5.69 Å². The molecular formula is C16H14BrNO2. The summed E-state index contributed by atoms with van der Waals surface area (Å²) in [5.41, 5.74) is 2.91. The highest BCUT2D eigenvalue weighted by Gasteiger charge is 2.19. The Morgan fingerprint density at radius 3 is 2.15 bits per heavy atom. The van der Waals surface area contributed by atoms with Gasteiger partial charge in [-0.15, -0.1) is 0 Å². The smallest absolute Gasteiger partial charge is 0.296 e. The number of ketones is 1. The van der Waals surface area contributed by atoms with Crippen LogP contribution in [0.3, 0.4) is 0 Å². The van der Waals surface area contributed by atoms with Crippen molar-refractivity contribution in [3.63, 3.8) is 0 Å². The molecule has 20 heavy (non-hydrogen) atoms. The lowest BCUT2D eigenvalue weighted by molar-refractivity contribution is -0.112. The van der Waals surface area contributed by atoms with Crippen molar-refractivity contribution < 1.29 is 9.59 Å². The van der Waals surface area contributed by atoms with Gasteiger partial charge in [0.25, 0.3) is 11.7 Å². The van der Waals surface area contributed by atoms with Gasteiger partial charge in [-0.2, -0.15) is 0 Å². The minimum absolute atomic E-state index is 0.358. The summed E-state index contributed by atoms with van der Waals surface area (Å²) in [4.78, 5) is 24.2. The maximum Gasteiger partial charge on any atom is 0.296 e. The van der Waals surface area contributed by atoms with E-state index in [0.717, 1.165) is 11.1 Å². The number of halogens is 1. The van der Waals surface area contributed by atoms with E-state index < -0.39 is 11.7 Å². The molecule has 0 aliphatic rings. The van der Waals surface area contributed by atoms with Crippen LogP contribution in [0.2, 0.25) is 0 Å². The molecule has 0 radical (unpaired) electrons. The van der Waals surface area contributed by atoms with Gasteiger partial charge in [0.1, 0.15) is 0 Å². The number of nitrogens with one attached hydrogen (secondary N) is 1. The van der Waals surface area contributed by atoms with Crippen LogP contribution in [0.25, 0.3) is 0 Å². The summed E-state index contributed by atoms with van der Waals surface area (Å²) < 4.78 is 0.613. The Kier molecular flexibility index (Phi) is 4.35. The molecule has 2 aromatic carbocycles. The highest BCUT2D eigenvalue weighted by molar-refractivity contribution is 9.10. The van der Waals surface area contributed by atoms with E-state index in [1.807, 2.05) is 32.0 Å². The fraction of sp³-hybridized carbons (Fsp3) is 0.125. The molecule has 0 aromatic heterocycles. The minimum Gasteiger partial charge on any atom is -0.319 e. The van der Waals surface area contributed by atoms with Crippen molar-refractivity contribution in [1.29, 1.82) is 0 Å². The molecule has 0 saturated carbocycles. The van der Waals surface area contributed by atoms with Gasteiger partial charge in [-0.1, -0.05) is 46.3 Å². The molecule has 0 atom stereocenters. The maximum atomic E-state index is 12.2. The van der Waals surface area contributed by atoms with Crippen molar-refractivity contribution in [2.45, 2.75) is 13.8 Å². The average Bonchev–Trinajstić information content (AvgIpc) is 2.42. The zero-order valence-electron chi connectivity index (χ0n) is 11.2. The first-order chi connectivity index (χ1) is 9.50. The number of aryl methyl sites for hydroxylation is 2. The molecule has 3 nitrogen and oxygen atoms in total. The zero-order valence-corrected chi connectivity index (χ0v) is 12.8. The van der Waals surface area contributed by atoms with Crippen LogP contribution in [0.1, 0.15) is 21.5 Å². The Bertz CT molecular complexity index is 660. The molecule has 0 heterocycles. The molecule has 2 rings (SSSR count). The fourth-order valence-electron chi connectivity index (χ4n) is 1.95. The van der Waals surface area contributed by atoms with E-state index in [2.05, 4.69) is 21.2 Å². The van der Waals surface area contributed by atoms with Crippen LogP contribution in [-0.2, 0) is 4.79 Å². The highest BCUT2D eigenvalue weighted by atomic mass is 79.9. The third-order valence-electron chi connectivity index (χ3n) is 3.04. The monoisotopic (exact) mass is 331 g/mol. The number of benzene rings is 2. The average molecular weight is 332 g/mol. The lowest BCUT2D eigenvalue weighted by Crippen LogP contribution is -2.24. The van der Waals surface area contributed by atoms with Crippen LogP contribution >= 0.6 is 15.9 Å². The zero-order chi connectivity index (χ0) is 14.7. The van der Waals surface area contributed by atoms with Crippen LogP contribution in [-0.4, -0.2) is 11.7 Å². The van der Waals surface area contributed by atoms with E-state index in [1.54, 1.807) is 24.3 Å². The first-order valence-electron chi connectivity index (χ1n) is 6.17. The molecule has 102 valence electrons. The molecule has 0 aliphatic heterocycles. The largest absolute Gasteiger partial charge is 0.319 e. The summed E-state index contributed by atoms with van der Waals surface area (Å²) in [6, 6.07) is 12.6. The van der Waals surface area contributed by atoms with E-state index in [1.165, 1.54) is 0 Å². The van der Waals surface area contributed by atoms with Gasteiger partial charge in [-0.05, 0) is 37.1 Å². The van der Waals surface area contributed by atoms with Crippen molar-refractivity contribution in [2.24, 2.45) is 0 Å². The number of hydrogen-bond acceptors (Lipinski definition) is 2. The first-order valence-corrected chi connectivity index (χ1v) is 6.96. The number of hydrogen-bond donors (Lipinski definition) is 1. The third kappa shape index (κ3) is 2.96. The second-order valence-electron chi connectivity index (χ2n) is 4.53. The van der Waals surface area contributed by atoms with Gasteiger partial charge >= 0.3 is 0 Å². The van der Waals surface area contributed by atoms with E-state index in [9.17, 15) is 9.59 Å². The number of amides is 1. The van der Waals surface area contributed by atoms with Crippen LogP contribution in [0, 0.1) is 13.8 Å². The van der Waals surface area contributed by atoms with E-state index in [-0.39, 0.29) is 0 Å². The topological polar surface area (TPSA) is 46.2 Å². The van der Waals surface area contributed by atoms with E-state index in [0.29, 0.717) is 15.7 Å². The van der Waals surface area contributed by atoms with Crippen LogP contribution in [0.15, 0.2) is 46.9 Å². The highest BCUT2D eigenvalue weighted by Crippen LogP contribution is 2.21. The Morgan fingerprint density at radius 2 is 1.55 bits per heavy atom. The lowest BCUT2D eigenvalue weighted by Gasteiger charge is -2.11. The van der Waals surface area contributed by atoms with Crippen molar-refractivity contribution in [2.75, 3.05) is 5.32 Å². The minimum atomic E-state index is -0.630. The van der Waals surface area contributed by atoms with Gasteiger partial charge in [-0.3, -0.25) is 9.59 Å². The van der Waals surface area contributed by atoms with Crippen LogP contribution in [0.5, 0.6) is 0 Å². The number of anilines is 1. The van der Waals surface area contributed by atoms with Gasteiger partial charge in [0.2, 0.25) is 0 Å². The number of rotatable bonds is 3. The van der Waals surface area contributed by atoms with Crippen molar-refractivity contribution in [1.82, 2.24) is 0 Å². The SMILES string of the molecule is Cc1cccc(C)c1NC(=O)C(=O)c1ccccc1Br. The predicted molar refractivity (Wildman–Crippen MR) is 83.0 cm³/mol. The molecule has 0 bridgehead atoms. The lowest BCUT2D eigenvalue weighted by atomic mass is 10.1. The van der Waals surface area contributed by atoms with Crippen LogP contribution < -0.4 is 5.32 Å². The molecule has 0 unspecified atom stereocenters. The second-order valence-corrected chi connectivity index (χ2v) is 5.38. The molecule has 2 aromatic rings. The molecule has 0 aliphatic carbocycles. The molecule has 0 fully saturated rings. The van der Waals surface area contributed by atoms with E-state index in [4.69, 9.17) is 0 Å². The summed E-state index contributed by atoms with van der Waals surface area (Å²) in [5.74, 6) is -1.19.